The summed E-state index contributed by atoms with van der Waals surface area (Å²) in [5.41, 5.74) is 6.25. The van der Waals surface area contributed by atoms with Gasteiger partial charge in [0, 0.05) is 25.1 Å². The zero-order valence-corrected chi connectivity index (χ0v) is 13.5. The molecule has 0 saturated carbocycles. The van der Waals surface area contributed by atoms with Crippen molar-refractivity contribution in [2.45, 2.75) is 46.1 Å². The maximum atomic E-state index is 12.4. The lowest BCUT2D eigenvalue weighted by Gasteiger charge is -2.33. The molecule has 0 radical (unpaired) electrons. The molecule has 1 aromatic heterocycles. The van der Waals surface area contributed by atoms with Crippen molar-refractivity contribution >= 4 is 11.9 Å². The summed E-state index contributed by atoms with van der Waals surface area (Å²) in [5, 5.41) is 3.00. The van der Waals surface area contributed by atoms with Gasteiger partial charge in [0.1, 0.15) is 11.5 Å². The Bertz CT molecular complexity index is 553. The highest BCUT2D eigenvalue weighted by molar-refractivity contribution is 5.76. The van der Waals surface area contributed by atoms with Crippen LogP contribution in [0.3, 0.4) is 0 Å². The highest BCUT2D eigenvalue weighted by atomic mass is 16.3. The van der Waals surface area contributed by atoms with Gasteiger partial charge in [-0.05, 0) is 45.6 Å². The summed E-state index contributed by atoms with van der Waals surface area (Å²) in [4.78, 5) is 25.2. The first kappa shape index (κ1) is 16.4. The number of carbonyl (C=O) groups excluding carboxylic acids is 2. The number of rotatable bonds is 4. The van der Waals surface area contributed by atoms with Gasteiger partial charge in [0.2, 0.25) is 5.91 Å². The molecule has 2 atom stereocenters. The van der Waals surface area contributed by atoms with Crippen LogP contribution in [0.5, 0.6) is 0 Å². The van der Waals surface area contributed by atoms with E-state index in [2.05, 4.69) is 5.32 Å². The van der Waals surface area contributed by atoms with E-state index in [4.69, 9.17) is 10.2 Å². The van der Waals surface area contributed by atoms with Gasteiger partial charge >= 0.3 is 6.03 Å². The van der Waals surface area contributed by atoms with Gasteiger partial charge in [0.15, 0.2) is 0 Å². The van der Waals surface area contributed by atoms with Crippen molar-refractivity contribution < 1.29 is 14.0 Å². The second kappa shape index (κ2) is 6.85. The number of carbonyl (C=O) groups is 2. The summed E-state index contributed by atoms with van der Waals surface area (Å²) in [6.07, 6.45) is 2.20. The molecule has 0 aliphatic carbocycles. The largest absolute Gasteiger partial charge is 0.466 e. The Hall–Kier alpha value is -1.98. The fourth-order valence-corrected chi connectivity index (χ4v) is 3.14. The Morgan fingerprint density at radius 2 is 2.23 bits per heavy atom. The summed E-state index contributed by atoms with van der Waals surface area (Å²) in [6.45, 7) is 7.04. The number of nitrogens with two attached hydrogens (primary N) is 1. The van der Waals surface area contributed by atoms with Crippen LogP contribution in [0.15, 0.2) is 10.5 Å². The molecule has 2 heterocycles. The van der Waals surface area contributed by atoms with Crippen molar-refractivity contribution in [2.75, 3.05) is 13.1 Å². The first-order valence-corrected chi connectivity index (χ1v) is 7.77. The minimum Gasteiger partial charge on any atom is -0.466 e. The molecule has 1 saturated heterocycles. The fraction of sp³-hybridized carbons (Fsp3) is 0.625. The molecule has 6 heteroatoms. The number of nitrogens with one attached hydrogen (secondary N) is 1. The molecule has 2 rings (SSSR count). The van der Waals surface area contributed by atoms with Crippen LogP contribution in [0.1, 0.15) is 49.3 Å². The zero-order valence-electron chi connectivity index (χ0n) is 13.5. The van der Waals surface area contributed by atoms with Crippen LogP contribution in [-0.2, 0) is 4.79 Å². The Morgan fingerprint density at radius 1 is 1.50 bits per heavy atom. The second-order valence-electron chi connectivity index (χ2n) is 6.16. The number of amides is 3. The van der Waals surface area contributed by atoms with E-state index in [0.29, 0.717) is 13.0 Å². The Morgan fingerprint density at radius 3 is 2.82 bits per heavy atom. The number of likely N-dealkylation sites (tertiary alicyclic amines) is 1. The topological polar surface area (TPSA) is 88.6 Å². The van der Waals surface area contributed by atoms with E-state index >= 15 is 0 Å². The molecular formula is C16H25N3O3. The normalized spacial score (nSPS) is 19.8. The molecule has 0 aromatic carbocycles. The van der Waals surface area contributed by atoms with Gasteiger partial charge in [0.25, 0.3) is 0 Å². The molecule has 122 valence electrons. The average molecular weight is 307 g/mol. The molecule has 22 heavy (non-hydrogen) atoms. The van der Waals surface area contributed by atoms with Gasteiger partial charge in [0.05, 0.1) is 6.04 Å². The van der Waals surface area contributed by atoms with Crippen molar-refractivity contribution in [3.05, 3.63) is 23.2 Å². The second-order valence-corrected chi connectivity index (χ2v) is 6.16. The van der Waals surface area contributed by atoms with Gasteiger partial charge < -0.3 is 20.4 Å². The molecule has 1 aliphatic heterocycles. The molecule has 0 bridgehead atoms. The van der Waals surface area contributed by atoms with E-state index in [9.17, 15) is 9.59 Å². The maximum absolute atomic E-state index is 12.4. The number of furan rings is 1. The molecule has 1 fully saturated rings. The van der Waals surface area contributed by atoms with Crippen LogP contribution in [0.2, 0.25) is 0 Å². The Balaban J connectivity index is 1.93. The van der Waals surface area contributed by atoms with E-state index in [0.717, 1.165) is 36.5 Å². The number of urea groups is 1. The van der Waals surface area contributed by atoms with Crippen LogP contribution in [0.4, 0.5) is 4.79 Å². The minimum absolute atomic E-state index is 0.0973. The molecule has 3 amide bonds. The van der Waals surface area contributed by atoms with E-state index < -0.39 is 0 Å². The quantitative estimate of drug-likeness (QED) is 0.894. The van der Waals surface area contributed by atoms with Gasteiger partial charge in [-0.2, -0.15) is 0 Å². The molecule has 6 nitrogen and oxygen atoms in total. The van der Waals surface area contributed by atoms with Crippen LogP contribution >= 0.6 is 0 Å². The van der Waals surface area contributed by atoms with Gasteiger partial charge in [-0.25, -0.2) is 4.79 Å². The molecule has 3 N–H and O–H groups in total. The monoisotopic (exact) mass is 307 g/mol. The van der Waals surface area contributed by atoms with Crippen LogP contribution in [0, 0.1) is 19.8 Å². The zero-order chi connectivity index (χ0) is 16.3. The van der Waals surface area contributed by atoms with Crippen molar-refractivity contribution in [2.24, 2.45) is 11.7 Å². The summed E-state index contributed by atoms with van der Waals surface area (Å²) in [7, 11) is 0. The Kier molecular flexibility index (Phi) is 5.11. The number of primary amides is 1. The van der Waals surface area contributed by atoms with Crippen molar-refractivity contribution in [1.29, 1.82) is 0 Å². The minimum atomic E-state index is -0.301. The predicted octanol–water partition coefficient (Wildman–Crippen LogP) is 2.25. The van der Waals surface area contributed by atoms with Crippen LogP contribution in [0.25, 0.3) is 0 Å². The summed E-state index contributed by atoms with van der Waals surface area (Å²) in [6, 6.07) is 1.74. The number of aryl methyl sites for hydroxylation is 2. The molecule has 0 spiro atoms. The van der Waals surface area contributed by atoms with Gasteiger partial charge in [-0.3, -0.25) is 4.79 Å². The number of nitrogens with zero attached hydrogens (tertiary/aromatic N) is 1. The fourth-order valence-electron chi connectivity index (χ4n) is 3.14. The summed E-state index contributed by atoms with van der Waals surface area (Å²) in [5.74, 6) is 1.54. The molecular weight excluding hydrogens is 282 g/mol. The van der Waals surface area contributed by atoms with Crippen molar-refractivity contribution in [3.63, 3.8) is 0 Å². The van der Waals surface area contributed by atoms with E-state index in [1.54, 1.807) is 4.90 Å². The van der Waals surface area contributed by atoms with Gasteiger partial charge in [-0.1, -0.05) is 0 Å². The third-order valence-corrected chi connectivity index (χ3v) is 4.18. The van der Waals surface area contributed by atoms with Crippen LogP contribution < -0.4 is 11.1 Å². The maximum Gasteiger partial charge on any atom is 0.317 e. The number of hydrogen-bond donors (Lipinski definition) is 2. The summed E-state index contributed by atoms with van der Waals surface area (Å²) >= 11 is 0. The predicted molar refractivity (Wildman–Crippen MR) is 83.2 cm³/mol. The lowest BCUT2D eigenvalue weighted by atomic mass is 9.95. The first-order valence-electron chi connectivity index (χ1n) is 7.77. The van der Waals surface area contributed by atoms with Gasteiger partial charge in [-0.15, -0.1) is 0 Å². The lowest BCUT2D eigenvalue weighted by molar-refractivity contribution is -0.119. The van der Waals surface area contributed by atoms with E-state index in [1.807, 2.05) is 26.8 Å². The highest BCUT2D eigenvalue weighted by Crippen LogP contribution is 2.23. The number of hydrogen-bond acceptors (Lipinski definition) is 3. The molecule has 0 unspecified atom stereocenters. The van der Waals surface area contributed by atoms with Crippen molar-refractivity contribution in [1.82, 2.24) is 10.2 Å². The SMILES string of the molecule is Cc1cc([C@@H](C)NC(=O)N2CCC[C@H](CC(N)=O)C2)c(C)o1. The smallest absolute Gasteiger partial charge is 0.317 e. The third-order valence-electron chi connectivity index (χ3n) is 4.18. The third kappa shape index (κ3) is 4.02. The average Bonchev–Trinajstić information content (AvgIpc) is 2.77. The summed E-state index contributed by atoms with van der Waals surface area (Å²) < 4.78 is 5.51. The molecule has 1 aromatic rings. The van der Waals surface area contributed by atoms with E-state index in [1.165, 1.54) is 0 Å². The lowest BCUT2D eigenvalue weighted by Crippen LogP contribution is -2.46. The van der Waals surface area contributed by atoms with E-state index in [-0.39, 0.29) is 23.9 Å². The first-order chi connectivity index (χ1) is 10.4. The van der Waals surface area contributed by atoms with Crippen LogP contribution in [-0.4, -0.2) is 29.9 Å². The Labute approximate surface area is 131 Å². The molecule has 1 aliphatic rings. The van der Waals surface area contributed by atoms with Crippen molar-refractivity contribution in [3.8, 4) is 0 Å². The number of piperidine rings is 1. The standard InChI is InChI=1S/C16H25N3O3/c1-10-7-14(12(3)22-10)11(2)18-16(21)19-6-4-5-13(9-19)8-15(17)20/h7,11,13H,4-6,8-9H2,1-3H3,(H2,17,20)(H,18,21)/t11-,13-/m1/s1. The highest BCUT2D eigenvalue weighted by Gasteiger charge is 2.26.